The summed E-state index contributed by atoms with van der Waals surface area (Å²) in [6.07, 6.45) is 3.97. The Bertz CT molecular complexity index is 586. The molecule has 1 saturated heterocycles. The number of nitriles is 1. The Morgan fingerprint density at radius 3 is 2.65 bits per heavy atom. The standard InChI is InChI=1S/C15H25N3O4S/c1-3-17(10-11(2)9-16)23(21,22)18-13-7-5-4-6-12(13)8-14(18)15(19)20/h11-14H,3-8,10H2,1-2H3,(H,19,20). The molecule has 130 valence electrons. The van der Waals surface area contributed by atoms with E-state index in [1.165, 1.54) is 8.61 Å². The van der Waals surface area contributed by atoms with Crippen LogP contribution < -0.4 is 0 Å². The summed E-state index contributed by atoms with van der Waals surface area (Å²) in [7, 11) is -3.89. The first-order valence-corrected chi connectivity index (χ1v) is 9.63. The van der Waals surface area contributed by atoms with Gasteiger partial charge >= 0.3 is 5.97 Å². The fraction of sp³-hybridized carbons (Fsp3) is 0.867. The lowest BCUT2D eigenvalue weighted by atomic mass is 9.85. The van der Waals surface area contributed by atoms with Crippen molar-refractivity contribution in [2.24, 2.45) is 11.8 Å². The van der Waals surface area contributed by atoms with Crippen LogP contribution in [0.15, 0.2) is 0 Å². The van der Waals surface area contributed by atoms with Gasteiger partial charge in [0, 0.05) is 19.1 Å². The Morgan fingerprint density at radius 1 is 1.43 bits per heavy atom. The molecule has 1 N–H and O–H groups in total. The maximum Gasteiger partial charge on any atom is 0.322 e. The van der Waals surface area contributed by atoms with Crippen LogP contribution in [0.5, 0.6) is 0 Å². The van der Waals surface area contributed by atoms with E-state index in [-0.39, 0.29) is 25.0 Å². The van der Waals surface area contributed by atoms with Crippen molar-refractivity contribution in [3.05, 3.63) is 0 Å². The lowest BCUT2D eigenvalue weighted by Crippen LogP contribution is -2.53. The lowest BCUT2D eigenvalue weighted by molar-refractivity contribution is -0.141. The van der Waals surface area contributed by atoms with Crippen molar-refractivity contribution in [3.8, 4) is 6.07 Å². The molecule has 0 amide bonds. The number of carboxylic acids is 1. The number of hydrogen-bond donors (Lipinski definition) is 1. The first kappa shape index (κ1) is 18.2. The molecule has 0 radical (unpaired) electrons. The fourth-order valence-electron chi connectivity index (χ4n) is 3.83. The van der Waals surface area contributed by atoms with Crippen molar-refractivity contribution in [1.82, 2.24) is 8.61 Å². The van der Waals surface area contributed by atoms with Crippen molar-refractivity contribution in [2.75, 3.05) is 13.1 Å². The molecule has 2 fully saturated rings. The molecule has 4 unspecified atom stereocenters. The molecular weight excluding hydrogens is 318 g/mol. The van der Waals surface area contributed by atoms with Gasteiger partial charge in [-0.1, -0.05) is 19.8 Å². The molecule has 0 aromatic rings. The first-order chi connectivity index (χ1) is 10.8. The Hall–Kier alpha value is -1.17. The summed E-state index contributed by atoms with van der Waals surface area (Å²) in [4.78, 5) is 11.6. The largest absolute Gasteiger partial charge is 0.480 e. The predicted octanol–water partition coefficient (Wildman–Crippen LogP) is 1.43. The molecule has 1 saturated carbocycles. The number of rotatable bonds is 6. The maximum atomic E-state index is 13.1. The van der Waals surface area contributed by atoms with Crippen LogP contribution in [0.2, 0.25) is 0 Å². The second-order valence-corrected chi connectivity index (χ2v) is 8.35. The molecule has 0 spiro atoms. The van der Waals surface area contributed by atoms with Crippen LogP contribution in [-0.2, 0) is 15.0 Å². The molecule has 2 aliphatic rings. The summed E-state index contributed by atoms with van der Waals surface area (Å²) < 4.78 is 28.6. The Labute approximate surface area is 138 Å². The van der Waals surface area contributed by atoms with E-state index in [2.05, 4.69) is 0 Å². The van der Waals surface area contributed by atoms with Gasteiger partial charge in [0.2, 0.25) is 0 Å². The second-order valence-electron chi connectivity index (χ2n) is 6.52. The highest BCUT2D eigenvalue weighted by molar-refractivity contribution is 7.86. The van der Waals surface area contributed by atoms with Crippen molar-refractivity contribution >= 4 is 16.2 Å². The normalized spacial score (nSPS) is 29.9. The highest BCUT2D eigenvalue weighted by Crippen LogP contribution is 2.42. The van der Waals surface area contributed by atoms with Crippen LogP contribution in [0.1, 0.15) is 46.0 Å². The van der Waals surface area contributed by atoms with Crippen LogP contribution in [0, 0.1) is 23.2 Å². The minimum atomic E-state index is -3.89. The maximum absolute atomic E-state index is 13.1. The van der Waals surface area contributed by atoms with Gasteiger partial charge in [-0.3, -0.25) is 4.79 Å². The van der Waals surface area contributed by atoms with Gasteiger partial charge in [-0.25, -0.2) is 0 Å². The van der Waals surface area contributed by atoms with E-state index in [1.807, 2.05) is 6.07 Å². The summed E-state index contributed by atoms with van der Waals surface area (Å²) in [5.74, 6) is -1.38. The van der Waals surface area contributed by atoms with E-state index in [1.54, 1.807) is 13.8 Å². The highest BCUT2D eigenvalue weighted by atomic mass is 32.2. The van der Waals surface area contributed by atoms with Gasteiger partial charge in [0.15, 0.2) is 0 Å². The zero-order chi connectivity index (χ0) is 17.2. The molecule has 1 aliphatic heterocycles. The van der Waals surface area contributed by atoms with Crippen molar-refractivity contribution in [3.63, 3.8) is 0 Å². The van der Waals surface area contributed by atoms with Crippen LogP contribution >= 0.6 is 0 Å². The molecule has 1 heterocycles. The lowest BCUT2D eigenvalue weighted by Gasteiger charge is -2.35. The minimum Gasteiger partial charge on any atom is -0.480 e. The van der Waals surface area contributed by atoms with Crippen LogP contribution in [0.25, 0.3) is 0 Å². The van der Waals surface area contributed by atoms with E-state index in [9.17, 15) is 18.3 Å². The van der Waals surface area contributed by atoms with Gasteiger partial charge in [-0.2, -0.15) is 22.3 Å². The average molecular weight is 343 g/mol. The van der Waals surface area contributed by atoms with Crippen molar-refractivity contribution < 1.29 is 18.3 Å². The smallest absolute Gasteiger partial charge is 0.322 e. The summed E-state index contributed by atoms with van der Waals surface area (Å²) >= 11 is 0. The van der Waals surface area contributed by atoms with Gasteiger partial charge in [-0.15, -0.1) is 0 Å². The summed E-state index contributed by atoms with van der Waals surface area (Å²) in [6.45, 7) is 3.70. The molecule has 0 bridgehead atoms. The molecule has 8 heteroatoms. The SMILES string of the molecule is CCN(CC(C)C#N)S(=O)(=O)N1C(C(=O)O)CC2CCCCC21. The van der Waals surface area contributed by atoms with Crippen LogP contribution in [-0.4, -0.2) is 53.3 Å². The molecule has 23 heavy (non-hydrogen) atoms. The third-order valence-electron chi connectivity index (χ3n) is 4.96. The molecule has 1 aliphatic carbocycles. The molecule has 0 aromatic carbocycles. The Balaban J connectivity index is 2.33. The monoisotopic (exact) mass is 343 g/mol. The summed E-state index contributed by atoms with van der Waals surface area (Å²) in [6, 6.07) is 0.834. The van der Waals surface area contributed by atoms with Gasteiger partial charge in [0.1, 0.15) is 6.04 Å². The van der Waals surface area contributed by atoms with Crippen LogP contribution in [0.3, 0.4) is 0 Å². The molecular formula is C15H25N3O4S. The van der Waals surface area contributed by atoms with Gasteiger partial charge in [0.05, 0.1) is 12.0 Å². The van der Waals surface area contributed by atoms with Gasteiger partial charge < -0.3 is 5.11 Å². The van der Waals surface area contributed by atoms with Crippen molar-refractivity contribution in [2.45, 2.75) is 58.0 Å². The Kier molecular flexibility index (Phi) is 5.65. The number of carboxylic acid groups (broad SMARTS) is 1. The quantitative estimate of drug-likeness (QED) is 0.786. The second kappa shape index (κ2) is 7.16. The molecule has 0 aromatic heterocycles. The number of aliphatic carboxylic acids is 1. The highest BCUT2D eigenvalue weighted by Gasteiger charge is 2.52. The fourth-order valence-corrected chi connectivity index (χ4v) is 5.95. The number of carbonyl (C=O) groups is 1. The number of nitrogens with zero attached hydrogens (tertiary/aromatic N) is 3. The summed E-state index contributed by atoms with van der Waals surface area (Å²) in [5, 5.41) is 18.5. The summed E-state index contributed by atoms with van der Waals surface area (Å²) in [5.41, 5.74) is 0. The van der Waals surface area contributed by atoms with Gasteiger partial charge in [-0.05, 0) is 32.1 Å². The third-order valence-corrected chi connectivity index (χ3v) is 7.08. The zero-order valence-electron chi connectivity index (χ0n) is 13.7. The number of fused-ring (bicyclic) bond motifs is 1. The Morgan fingerprint density at radius 2 is 2.09 bits per heavy atom. The van der Waals surface area contributed by atoms with Crippen LogP contribution in [0.4, 0.5) is 0 Å². The first-order valence-electron chi connectivity index (χ1n) is 8.24. The molecule has 4 atom stereocenters. The number of hydrogen-bond acceptors (Lipinski definition) is 4. The zero-order valence-corrected chi connectivity index (χ0v) is 14.5. The van der Waals surface area contributed by atoms with E-state index in [0.29, 0.717) is 6.42 Å². The topological polar surface area (TPSA) is 102 Å². The van der Waals surface area contributed by atoms with E-state index in [0.717, 1.165) is 25.7 Å². The minimum absolute atomic E-state index is 0.0928. The predicted molar refractivity (Wildman–Crippen MR) is 84.6 cm³/mol. The average Bonchev–Trinajstić information content (AvgIpc) is 2.92. The van der Waals surface area contributed by atoms with Crippen molar-refractivity contribution in [1.29, 1.82) is 5.26 Å². The van der Waals surface area contributed by atoms with E-state index in [4.69, 9.17) is 5.26 Å². The molecule has 2 rings (SSSR count). The van der Waals surface area contributed by atoms with E-state index >= 15 is 0 Å². The van der Waals surface area contributed by atoms with E-state index < -0.39 is 28.1 Å². The molecule has 7 nitrogen and oxygen atoms in total. The van der Waals surface area contributed by atoms with Gasteiger partial charge in [0.25, 0.3) is 10.2 Å². The third kappa shape index (κ3) is 3.52.